The lowest BCUT2D eigenvalue weighted by atomic mass is 9.75. The number of allylic oxidation sites excluding steroid dienone is 2. The van der Waals surface area contributed by atoms with E-state index in [9.17, 15) is 4.79 Å². The maximum Gasteiger partial charge on any atom is 0.164 e. The van der Waals surface area contributed by atoms with Crippen molar-refractivity contribution in [3.8, 4) is 0 Å². The lowest BCUT2D eigenvalue weighted by molar-refractivity contribution is -0.124. The third-order valence-electron chi connectivity index (χ3n) is 4.80. The van der Waals surface area contributed by atoms with Gasteiger partial charge < -0.3 is 0 Å². The van der Waals surface area contributed by atoms with E-state index in [1.807, 2.05) is 13.0 Å². The zero-order chi connectivity index (χ0) is 14.0. The number of rotatable bonds is 4. The fourth-order valence-corrected chi connectivity index (χ4v) is 2.93. The van der Waals surface area contributed by atoms with Gasteiger partial charge in [0.15, 0.2) is 5.78 Å². The number of aryl methyl sites for hydroxylation is 1. The number of benzene rings is 1. The molecule has 0 saturated carbocycles. The summed E-state index contributed by atoms with van der Waals surface area (Å²) in [5.41, 5.74) is 3.57. The van der Waals surface area contributed by atoms with Gasteiger partial charge in [-0.3, -0.25) is 4.79 Å². The minimum absolute atomic E-state index is 0.171. The van der Waals surface area contributed by atoms with Crippen molar-refractivity contribution in [1.29, 1.82) is 0 Å². The van der Waals surface area contributed by atoms with E-state index in [1.54, 1.807) is 0 Å². The molecule has 0 saturated heterocycles. The van der Waals surface area contributed by atoms with Crippen molar-refractivity contribution >= 4 is 5.78 Å². The molecular formula is C18H24O. The summed E-state index contributed by atoms with van der Waals surface area (Å²) in [6, 6.07) is 10.5. The minimum Gasteiger partial charge on any atom is -0.294 e. The first-order valence-corrected chi connectivity index (χ1v) is 7.22. The van der Waals surface area contributed by atoms with Gasteiger partial charge in [-0.15, -0.1) is 0 Å². The Labute approximate surface area is 116 Å². The van der Waals surface area contributed by atoms with Crippen molar-refractivity contribution in [1.82, 2.24) is 0 Å². The predicted molar refractivity (Wildman–Crippen MR) is 80.0 cm³/mol. The summed E-state index contributed by atoms with van der Waals surface area (Å²) < 4.78 is 0. The number of hydrogen-bond acceptors (Lipinski definition) is 1. The Morgan fingerprint density at radius 2 is 1.79 bits per heavy atom. The van der Waals surface area contributed by atoms with E-state index in [-0.39, 0.29) is 5.41 Å². The molecule has 1 aromatic rings. The van der Waals surface area contributed by atoms with Crippen molar-refractivity contribution < 1.29 is 4.79 Å². The average Bonchev–Trinajstić information content (AvgIpc) is 2.63. The summed E-state index contributed by atoms with van der Waals surface area (Å²) in [6.07, 6.45) is 3.00. The zero-order valence-corrected chi connectivity index (χ0v) is 12.5. The van der Waals surface area contributed by atoms with E-state index in [0.29, 0.717) is 11.7 Å². The molecule has 0 fully saturated rings. The quantitative estimate of drug-likeness (QED) is 0.771. The lowest BCUT2D eigenvalue weighted by Crippen LogP contribution is -2.29. The van der Waals surface area contributed by atoms with Crippen LogP contribution in [0.5, 0.6) is 0 Å². The van der Waals surface area contributed by atoms with Gasteiger partial charge in [0.05, 0.1) is 0 Å². The smallest absolute Gasteiger partial charge is 0.164 e. The van der Waals surface area contributed by atoms with Crippen LogP contribution in [0.3, 0.4) is 0 Å². The first-order chi connectivity index (χ1) is 8.95. The van der Waals surface area contributed by atoms with Gasteiger partial charge in [-0.05, 0) is 43.2 Å². The molecule has 0 amide bonds. The molecule has 1 heteroatoms. The second-order valence-electron chi connectivity index (χ2n) is 6.29. The van der Waals surface area contributed by atoms with Crippen LogP contribution in [-0.4, -0.2) is 5.78 Å². The molecular weight excluding hydrogens is 232 g/mol. The number of carbonyl (C=O) groups excluding carboxylic acids is 1. The maximum absolute atomic E-state index is 12.4. The highest BCUT2D eigenvalue weighted by atomic mass is 16.1. The third-order valence-corrected chi connectivity index (χ3v) is 4.80. The van der Waals surface area contributed by atoms with Crippen molar-refractivity contribution in [2.75, 3.05) is 0 Å². The molecule has 1 aliphatic rings. The van der Waals surface area contributed by atoms with Gasteiger partial charge in [-0.2, -0.15) is 0 Å². The van der Waals surface area contributed by atoms with Crippen LogP contribution in [-0.2, 0) is 11.2 Å². The Kier molecular flexibility index (Phi) is 3.93. The topological polar surface area (TPSA) is 17.1 Å². The highest BCUT2D eigenvalue weighted by Gasteiger charge is 2.43. The predicted octanol–water partition coefficient (Wildman–Crippen LogP) is 4.57. The molecule has 2 rings (SSSR count). The maximum atomic E-state index is 12.4. The van der Waals surface area contributed by atoms with Crippen LogP contribution in [0, 0.1) is 11.3 Å². The van der Waals surface area contributed by atoms with Gasteiger partial charge in [-0.25, -0.2) is 0 Å². The Bertz CT molecular complexity index is 496. The number of carbonyl (C=O) groups is 1. The van der Waals surface area contributed by atoms with Crippen LogP contribution in [0.2, 0.25) is 0 Å². The first kappa shape index (κ1) is 14.0. The van der Waals surface area contributed by atoms with Crippen LogP contribution in [0.1, 0.15) is 46.1 Å². The number of Topliss-reactive ketones (excluding diaryl/α,β-unsaturated/α-hetero) is 1. The van der Waals surface area contributed by atoms with Gasteiger partial charge in [-0.1, -0.05) is 56.7 Å². The van der Waals surface area contributed by atoms with E-state index < -0.39 is 0 Å². The highest BCUT2D eigenvalue weighted by molar-refractivity contribution is 6.02. The van der Waals surface area contributed by atoms with E-state index in [4.69, 9.17) is 0 Å². The molecule has 0 unspecified atom stereocenters. The monoisotopic (exact) mass is 256 g/mol. The van der Waals surface area contributed by atoms with Gasteiger partial charge in [0.2, 0.25) is 0 Å². The molecule has 0 aromatic heterocycles. The standard InChI is InChI=1S/C18H24O/c1-13(2)18(4)12-16(14(3)17(18)19)11-10-15-8-6-5-7-9-15/h5-9,13H,10-12H2,1-4H3/t18-/m0/s1. The summed E-state index contributed by atoms with van der Waals surface area (Å²) in [5, 5.41) is 0. The van der Waals surface area contributed by atoms with E-state index in [1.165, 1.54) is 11.1 Å². The molecule has 0 bridgehead atoms. The number of hydrogen-bond donors (Lipinski definition) is 0. The average molecular weight is 256 g/mol. The third kappa shape index (κ3) is 2.65. The van der Waals surface area contributed by atoms with Gasteiger partial charge in [0, 0.05) is 5.41 Å². The molecule has 0 N–H and O–H groups in total. The Morgan fingerprint density at radius 3 is 2.32 bits per heavy atom. The molecule has 1 nitrogen and oxygen atoms in total. The molecule has 19 heavy (non-hydrogen) atoms. The van der Waals surface area contributed by atoms with Crippen LogP contribution in [0.25, 0.3) is 0 Å². The molecule has 0 aliphatic heterocycles. The fraction of sp³-hybridized carbons (Fsp3) is 0.500. The zero-order valence-electron chi connectivity index (χ0n) is 12.5. The summed E-state index contributed by atoms with van der Waals surface area (Å²) in [5.74, 6) is 0.773. The molecule has 102 valence electrons. The summed E-state index contributed by atoms with van der Waals surface area (Å²) in [6.45, 7) is 8.45. The van der Waals surface area contributed by atoms with Crippen LogP contribution in [0.15, 0.2) is 41.5 Å². The van der Waals surface area contributed by atoms with Gasteiger partial charge in [0.25, 0.3) is 0 Å². The summed E-state index contributed by atoms with van der Waals surface area (Å²) in [7, 11) is 0. The summed E-state index contributed by atoms with van der Waals surface area (Å²) >= 11 is 0. The second kappa shape index (κ2) is 5.32. The molecule has 0 spiro atoms. The first-order valence-electron chi connectivity index (χ1n) is 7.22. The molecule has 1 aromatic carbocycles. The van der Waals surface area contributed by atoms with Gasteiger partial charge in [0.1, 0.15) is 0 Å². The van der Waals surface area contributed by atoms with E-state index in [2.05, 4.69) is 45.0 Å². The highest BCUT2D eigenvalue weighted by Crippen LogP contribution is 2.45. The van der Waals surface area contributed by atoms with Crippen molar-refractivity contribution in [3.63, 3.8) is 0 Å². The van der Waals surface area contributed by atoms with Crippen LogP contribution in [0.4, 0.5) is 0 Å². The van der Waals surface area contributed by atoms with Crippen molar-refractivity contribution in [3.05, 3.63) is 47.0 Å². The molecule has 0 radical (unpaired) electrons. The normalized spacial score (nSPS) is 23.5. The van der Waals surface area contributed by atoms with E-state index >= 15 is 0 Å². The van der Waals surface area contributed by atoms with E-state index in [0.717, 1.165) is 24.8 Å². The van der Waals surface area contributed by atoms with Gasteiger partial charge >= 0.3 is 0 Å². The van der Waals surface area contributed by atoms with Crippen molar-refractivity contribution in [2.45, 2.75) is 47.0 Å². The molecule has 1 atom stereocenters. The Balaban J connectivity index is 2.08. The Hall–Kier alpha value is -1.37. The second-order valence-corrected chi connectivity index (χ2v) is 6.29. The molecule has 0 heterocycles. The van der Waals surface area contributed by atoms with Crippen molar-refractivity contribution in [2.24, 2.45) is 11.3 Å². The lowest BCUT2D eigenvalue weighted by Gasteiger charge is -2.27. The number of ketones is 1. The largest absolute Gasteiger partial charge is 0.294 e. The SMILES string of the molecule is CC1=C(CCc2ccccc2)C[C@@](C)(C(C)C)C1=O. The van der Waals surface area contributed by atoms with Crippen LogP contribution < -0.4 is 0 Å². The Morgan fingerprint density at radius 1 is 1.16 bits per heavy atom. The van der Waals surface area contributed by atoms with Crippen LogP contribution >= 0.6 is 0 Å². The molecule has 1 aliphatic carbocycles. The minimum atomic E-state index is -0.171. The fourth-order valence-electron chi connectivity index (χ4n) is 2.93. The summed E-state index contributed by atoms with van der Waals surface area (Å²) in [4.78, 5) is 12.4.